The van der Waals surface area contributed by atoms with Crippen LogP contribution in [0.2, 0.25) is 0 Å². The maximum absolute atomic E-state index is 11.9. The minimum Gasteiger partial charge on any atom is -0.273 e. The average molecular weight is 321 g/mol. The van der Waals surface area contributed by atoms with Crippen molar-refractivity contribution in [3.8, 4) is 10.6 Å². The van der Waals surface area contributed by atoms with Gasteiger partial charge in [0.15, 0.2) is 0 Å². The van der Waals surface area contributed by atoms with Crippen molar-refractivity contribution in [2.75, 3.05) is 0 Å². The van der Waals surface area contributed by atoms with Gasteiger partial charge in [-0.3, -0.25) is 4.79 Å². The van der Waals surface area contributed by atoms with Crippen LogP contribution in [0.15, 0.2) is 71.1 Å². The van der Waals surface area contributed by atoms with Gasteiger partial charge >= 0.3 is 0 Å². The Bertz CT molecular complexity index is 797. The van der Waals surface area contributed by atoms with Crippen LogP contribution in [-0.4, -0.2) is 17.1 Å². The molecule has 0 aliphatic heterocycles. The van der Waals surface area contributed by atoms with E-state index in [2.05, 4.69) is 15.5 Å². The Morgan fingerprint density at radius 2 is 1.78 bits per heavy atom. The second-order valence-electron chi connectivity index (χ2n) is 4.89. The second-order valence-corrected chi connectivity index (χ2v) is 5.75. The quantitative estimate of drug-likeness (QED) is 0.577. The lowest BCUT2D eigenvalue weighted by atomic mass is 10.2. The van der Waals surface area contributed by atoms with E-state index in [1.54, 1.807) is 6.21 Å². The molecule has 0 fully saturated rings. The molecule has 0 bridgehead atoms. The zero-order chi connectivity index (χ0) is 15.9. The summed E-state index contributed by atoms with van der Waals surface area (Å²) in [6.07, 6.45) is 1.84. The summed E-state index contributed by atoms with van der Waals surface area (Å²) < 4.78 is 0. The summed E-state index contributed by atoms with van der Waals surface area (Å²) in [7, 11) is 0. The molecule has 5 heteroatoms. The molecule has 0 unspecified atom stereocenters. The minimum atomic E-state index is -0.179. The number of hydrogen-bond donors (Lipinski definition) is 1. The van der Waals surface area contributed by atoms with Gasteiger partial charge in [-0.05, 0) is 5.56 Å². The third kappa shape index (κ3) is 4.34. The molecule has 0 aliphatic carbocycles. The van der Waals surface area contributed by atoms with Crippen molar-refractivity contribution < 1.29 is 4.79 Å². The highest BCUT2D eigenvalue weighted by molar-refractivity contribution is 7.13. The molecule has 0 saturated carbocycles. The van der Waals surface area contributed by atoms with Crippen LogP contribution in [0.5, 0.6) is 0 Å². The molecule has 4 nitrogen and oxygen atoms in total. The second kappa shape index (κ2) is 7.47. The fraction of sp³-hybridized carbons (Fsp3) is 0.0556. The van der Waals surface area contributed by atoms with E-state index in [9.17, 15) is 4.79 Å². The molecule has 0 aliphatic rings. The van der Waals surface area contributed by atoms with Gasteiger partial charge in [-0.25, -0.2) is 10.4 Å². The van der Waals surface area contributed by atoms with Gasteiger partial charge in [0.1, 0.15) is 5.01 Å². The predicted molar refractivity (Wildman–Crippen MR) is 93.4 cm³/mol. The Labute approximate surface area is 138 Å². The van der Waals surface area contributed by atoms with E-state index in [0.29, 0.717) is 0 Å². The Morgan fingerprint density at radius 3 is 2.52 bits per heavy atom. The zero-order valence-corrected chi connectivity index (χ0v) is 13.2. The Hall–Kier alpha value is -2.79. The molecule has 114 valence electrons. The molecule has 0 radical (unpaired) electrons. The molecule has 0 saturated heterocycles. The number of carbonyl (C=O) groups excluding carboxylic acids is 1. The number of amides is 1. The van der Waals surface area contributed by atoms with Gasteiger partial charge in [0.2, 0.25) is 5.91 Å². The van der Waals surface area contributed by atoms with Gasteiger partial charge in [-0.15, -0.1) is 11.3 Å². The van der Waals surface area contributed by atoms with Crippen LogP contribution >= 0.6 is 11.3 Å². The summed E-state index contributed by atoms with van der Waals surface area (Å²) in [5.41, 5.74) is 5.27. The first kappa shape index (κ1) is 15.1. The van der Waals surface area contributed by atoms with Crippen molar-refractivity contribution in [2.45, 2.75) is 6.42 Å². The molecular weight excluding hydrogens is 306 g/mol. The Kier molecular flexibility index (Phi) is 4.91. The smallest absolute Gasteiger partial charge is 0.246 e. The average Bonchev–Trinajstić information content (AvgIpc) is 3.05. The number of hydrazone groups is 1. The summed E-state index contributed by atoms with van der Waals surface area (Å²) in [6.45, 7) is 0. The molecule has 1 aromatic heterocycles. The van der Waals surface area contributed by atoms with Gasteiger partial charge < -0.3 is 0 Å². The maximum atomic E-state index is 11.9. The van der Waals surface area contributed by atoms with Crippen LogP contribution in [0.3, 0.4) is 0 Å². The Morgan fingerprint density at radius 1 is 1.09 bits per heavy atom. The highest BCUT2D eigenvalue weighted by Crippen LogP contribution is 2.23. The van der Waals surface area contributed by atoms with E-state index in [0.717, 1.165) is 21.8 Å². The topological polar surface area (TPSA) is 54.4 Å². The number of carbonyl (C=O) groups is 1. The van der Waals surface area contributed by atoms with Crippen LogP contribution < -0.4 is 5.43 Å². The van der Waals surface area contributed by atoms with Crippen LogP contribution in [-0.2, 0) is 11.2 Å². The minimum absolute atomic E-state index is 0.179. The monoisotopic (exact) mass is 321 g/mol. The fourth-order valence-corrected chi connectivity index (χ4v) is 2.85. The molecule has 1 amide bonds. The highest BCUT2D eigenvalue weighted by atomic mass is 32.1. The van der Waals surface area contributed by atoms with E-state index in [-0.39, 0.29) is 12.3 Å². The van der Waals surface area contributed by atoms with E-state index in [1.165, 1.54) is 11.3 Å². The predicted octanol–water partition coefficient (Wildman–Crippen LogP) is 3.50. The largest absolute Gasteiger partial charge is 0.273 e. The molecule has 2 aromatic carbocycles. The summed E-state index contributed by atoms with van der Waals surface area (Å²) in [5, 5.41) is 6.78. The zero-order valence-electron chi connectivity index (χ0n) is 12.3. The van der Waals surface area contributed by atoms with Crippen LogP contribution in [0.4, 0.5) is 0 Å². The van der Waals surface area contributed by atoms with E-state index >= 15 is 0 Å². The Balaban J connectivity index is 1.56. The van der Waals surface area contributed by atoms with Gasteiger partial charge in [-0.2, -0.15) is 5.10 Å². The highest BCUT2D eigenvalue weighted by Gasteiger charge is 2.08. The summed E-state index contributed by atoms with van der Waals surface area (Å²) in [6, 6.07) is 19.5. The normalized spacial score (nSPS) is 10.8. The summed E-state index contributed by atoms with van der Waals surface area (Å²) in [4.78, 5) is 16.4. The first-order valence-electron chi connectivity index (χ1n) is 7.18. The van der Waals surface area contributed by atoms with E-state index < -0.39 is 0 Å². The van der Waals surface area contributed by atoms with E-state index in [4.69, 9.17) is 0 Å². The van der Waals surface area contributed by atoms with Crippen LogP contribution in [0, 0.1) is 0 Å². The number of rotatable bonds is 5. The van der Waals surface area contributed by atoms with Crippen molar-refractivity contribution in [3.63, 3.8) is 0 Å². The molecule has 3 aromatic rings. The molecule has 0 spiro atoms. The van der Waals surface area contributed by atoms with Crippen molar-refractivity contribution in [3.05, 3.63) is 77.3 Å². The van der Waals surface area contributed by atoms with Crippen molar-refractivity contribution in [1.82, 2.24) is 10.4 Å². The lowest BCUT2D eigenvalue weighted by molar-refractivity contribution is -0.120. The molecule has 23 heavy (non-hydrogen) atoms. The first-order chi connectivity index (χ1) is 11.3. The number of nitrogens with one attached hydrogen (secondary N) is 1. The van der Waals surface area contributed by atoms with Crippen molar-refractivity contribution in [2.24, 2.45) is 5.10 Å². The molecule has 0 atom stereocenters. The third-order valence-corrected chi connectivity index (χ3v) is 4.06. The standard InChI is InChI=1S/C18H15N3OS/c22-17(21-19-12-14-7-3-1-4-8-14)11-16-13-23-18(20-16)15-9-5-2-6-10-15/h1-10,12-13H,11H2,(H,21,22). The van der Waals surface area contributed by atoms with Crippen molar-refractivity contribution >= 4 is 23.5 Å². The number of nitrogens with zero attached hydrogens (tertiary/aromatic N) is 2. The van der Waals surface area contributed by atoms with Gasteiger partial charge in [0, 0.05) is 10.9 Å². The lowest BCUT2D eigenvalue weighted by Crippen LogP contribution is -2.19. The first-order valence-corrected chi connectivity index (χ1v) is 8.06. The van der Waals surface area contributed by atoms with Gasteiger partial charge in [-0.1, -0.05) is 60.7 Å². The fourth-order valence-electron chi connectivity index (χ4n) is 2.02. The van der Waals surface area contributed by atoms with Gasteiger partial charge in [0.25, 0.3) is 0 Å². The van der Waals surface area contributed by atoms with Gasteiger partial charge in [0.05, 0.1) is 18.3 Å². The number of thiazole rings is 1. The van der Waals surface area contributed by atoms with Crippen LogP contribution in [0.25, 0.3) is 10.6 Å². The van der Waals surface area contributed by atoms with Crippen LogP contribution in [0.1, 0.15) is 11.3 Å². The molecular formula is C18H15N3OS. The number of hydrogen-bond acceptors (Lipinski definition) is 4. The molecule has 3 rings (SSSR count). The number of aromatic nitrogens is 1. The molecule has 1 heterocycles. The third-order valence-electron chi connectivity index (χ3n) is 3.12. The number of benzene rings is 2. The molecule has 1 N–H and O–H groups in total. The lowest BCUT2D eigenvalue weighted by Gasteiger charge is -1.97. The summed E-state index contributed by atoms with van der Waals surface area (Å²) >= 11 is 1.54. The summed E-state index contributed by atoms with van der Waals surface area (Å²) in [5.74, 6) is -0.179. The SMILES string of the molecule is O=C(Cc1csc(-c2ccccc2)n1)NN=Cc1ccccc1. The maximum Gasteiger partial charge on any atom is 0.246 e. The van der Waals surface area contributed by atoms with Crippen molar-refractivity contribution in [1.29, 1.82) is 0 Å². The van der Waals surface area contributed by atoms with E-state index in [1.807, 2.05) is 66.0 Å².